The molecular weight excluding hydrogens is 280 g/mol. The van der Waals surface area contributed by atoms with E-state index in [1.54, 1.807) is 18.9 Å². The molecule has 4 heteroatoms. The molecule has 0 aliphatic carbocycles. The van der Waals surface area contributed by atoms with Gasteiger partial charge in [-0.25, -0.2) is 4.98 Å². The molecule has 0 unspecified atom stereocenters. The normalized spacial score (nSPS) is 10.8. The summed E-state index contributed by atoms with van der Waals surface area (Å²) in [5, 5.41) is 4.40. The number of aryl methyl sites for hydroxylation is 2. The van der Waals surface area contributed by atoms with Crippen molar-refractivity contribution >= 4 is 11.8 Å². The van der Waals surface area contributed by atoms with Crippen LogP contribution < -0.4 is 5.32 Å². The summed E-state index contributed by atoms with van der Waals surface area (Å²) in [5.41, 5.74) is 3.70. The van der Waals surface area contributed by atoms with E-state index in [1.165, 1.54) is 21.6 Å². The molecule has 21 heavy (non-hydrogen) atoms. The topological polar surface area (TPSA) is 34.1 Å². The van der Waals surface area contributed by atoms with Crippen molar-refractivity contribution in [3.05, 3.63) is 53.2 Å². The first-order valence-corrected chi connectivity index (χ1v) is 7.90. The summed E-state index contributed by atoms with van der Waals surface area (Å²) in [6.07, 6.45) is 1.95. The number of pyridine rings is 1. The van der Waals surface area contributed by atoms with E-state index in [0.29, 0.717) is 0 Å². The van der Waals surface area contributed by atoms with Gasteiger partial charge in [0.05, 0.1) is 6.61 Å². The number of rotatable bonds is 7. The van der Waals surface area contributed by atoms with Crippen LogP contribution in [0.15, 0.2) is 46.5 Å². The molecule has 0 radical (unpaired) electrons. The molecule has 2 rings (SSSR count). The van der Waals surface area contributed by atoms with E-state index < -0.39 is 0 Å². The van der Waals surface area contributed by atoms with E-state index in [2.05, 4.69) is 54.5 Å². The highest BCUT2D eigenvalue weighted by Crippen LogP contribution is 2.28. The first kappa shape index (κ1) is 16.0. The lowest BCUT2D eigenvalue weighted by Crippen LogP contribution is -2.18. The Hall–Kier alpha value is -1.36. The van der Waals surface area contributed by atoms with Crippen LogP contribution in [-0.2, 0) is 11.3 Å². The summed E-state index contributed by atoms with van der Waals surface area (Å²) in [6, 6.07) is 10.7. The quantitative estimate of drug-likeness (QED) is 0.793. The van der Waals surface area contributed by atoms with Gasteiger partial charge in [-0.2, -0.15) is 0 Å². The first-order valence-electron chi connectivity index (χ1n) is 7.09. The molecule has 0 bridgehead atoms. The fourth-order valence-electron chi connectivity index (χ4n) is 1.95. The number of aromatic nitrogens is 1. The predicted octanol–water partition coefficient (Wildman–Crippen LogP) is 3.59. The zero-order valence-corrected chi connectivity index (χ0v) is 13.7. The Bertz CT molecular complexity index is 570. The molecule has 0 atom stereocenters. The Morgan fingerprint density at radius 3 is 2.62 bits per heavy atom. The second-order valence-corrected chi connectivity index (χ2v) is 6.11. The molecule has 0 amide bonds. The number of hydrogen-bond acceptors (Lipinski definition) is 4. The molecule has 0 saturated heterocycles. The van der Waals surface area contributed by atoms with Crippen molar-refractivity contribution in [3.63, 3.8) is 0 Å². The molecule has 1 aromatic heterocycles. The minimum absolute atomic E-state index is 0.730. The second kappa shape index (κ2) is 8.17. The van der Waals surface area contributed by atoms with Crippen molar-refractivity contribution in [1.29, 1.82) is 0 Å². The van der Waals surface area contributed by atoms with Gasteiger partial charge in [0.25, 0.3) is 0 Å². The number of hydrogen-bond donors (Lipinski definition) is 1. The zero-order chi connectivity index (χ0) is 15.1. The Balaban J connectivity index is 1.97. The van der Waals surface area contributed by atoms with Crippen LogP contribution in [0.25, 0.3) is 0 Å². The Labute approximate surface area is 131 Å². The number of methoxy groups -OCH3 is 1. The predicted molar refractivity (Wildman–Crippen MR) is 87.9 cm³/mol. The molecule has 0 spiro atoms. The minimum Gasteiger partial charge on any atom is -0.383 e. The lowest BCUT2D eigenvalue weighted by molar-refractivity contribution is 0.199. The van der Waals surface area contributed by atoms with Crippen molar-refractivity contribution in [3.8, 4) is 0 Å². The highest BCUT2D eigenvalue weighted by molar-refractivity contribution is 7.99. The third kappa shape index (κ3) is 5.16. The second-order valence-electron chi connectivity index (χ2n) is 5.05. The Morgan fingerprint density at radius 2 is 1.95 bits per heavy atom. The van der Waals surface area contributed by atoms with Gasteiger partial charge in [0.15, 0.2) is 0 Å². The van der Waals surface area contributed by atoms with E-state index in [9.17, 15) is 0 Å². The number of nitrogens with one attached hydrogen (secondary N) is 1. The lowest BCUT2D eigenvalue weighted by atomic mass is 10.2. The summed E-state index contributed by atoms with van der Waals surface area (Å²) in [7, 11) is 1.71. The van der Waals surface area contributed by atoms with Crippen LogP contribution in [0.3, 0.4) is 0 Å². The van der Waals surface area contributed by atoms with Crippen LogP contribution in [0.4, 0.5) is 0 Å². The van der Waals surface area contributed by atoms with E-state index in [0.717, 1.165) is 24.7 Å². The van der Waals surface area contributed by atoms with Crippen LogP contribution in [0.1, 0.15) is 16.7 Å². The standard InChI is InChI=1S/C17H22N2OS/c1-13-4-6-16(7-5-13)21-17-14(2)10-15(12-19-17)11-18-8-9-20-3/h4-7,10,12,18H,8-9,11H2,1-3H3. The molecule has 0 aliphatic rings. The minimum atomic E-state index is 0.730. The number of ether oxygens (including phenoxy) is 1. The van der Waals surface area contributed by atoms with Crippen LogP contribution in [-0.4, -0.2) is 25.2 Å². The van der Waals surface area contributed by atoms with Crippen LogP contribution in [0.5, 0.6) is 0 Å². The molecule has 0 fully saturated rings. The van der Waals surface area contributed by atoms with Crippen molar-refractivity contribution in [2.45, 2.75) is 30.3 Å². The van der Waals surface area contributed by atoms with Gasteiger partial charge in [-0.1, -0.05) is 35.5 Å². The maximum absolute atomic E-state index is 5.02. The van der Waals surface area contributed by atoms with Crippen LogP contribution in [0.2, 0.25) is 0 Å². The van der Waals surface area contributed by atoms with Gasteiger partial charge < -0.3 is 10.1 Å². The summed E-state index contributed by atoms with van der Waals surface area (Å²) < 4.78 is 5.02. The van der Waals surface area contributed by atoms with Gasteiger partial charge in [-0.05, 0) is 37.1 Å². The molecule has 0 saturated carbocycles. The van der Waals surface area contributed by atoms with E-state index >= 15 is 0 Å². The maximum Gasteiger partial charge on any atom is 0.104 e. The molecule has 0 aliphatic heterocycles. The van der Waals surface area contributed by atoms with E-state index in [-0.39, 0.29) is 0 Å². The molecule has 3 nitrogen and oxygen atoms in total. The summed E-state index contributed by atoms with van der Waals surface area (Å²) in [4.78, 5) is 5.81. The summed E-state index contributed by atoms with van der Waals surface area (Å²) >= 11 is 1.71. The van der Waals surface area contributed by atoms with Crippen molar-refractivity contribution < 1.29 is 4.74 Å². The van der Waals surface area contributed by atoms with Gasteiger partial charge in [0, 0.05) is 31.3 Å². The Kier molecular flexibility index (Phi) is 6.23. The highest BCUT2D eigenvalue weighted by atomic mass is 32.2. The fraction of sp³-hybridized carbons (Fsp3) is 0.353. The van der Waals surface area contributed by atoms with Gasteiger partial charge in [-0.3, -0.25) is 0 Å². The van der Waals surface area contributed by atoms with Crippen molar-refractivity contribution in [2.24, 2.45) is 0 Å². The smallest absolute Gasteiger partial charge is 0.104 e. The summed E-state index contributed by atoms with van der Waals surface area (Å²) in [5.74, 6) is 0. The van der Waals surface area contributed by atoms with Gasteiger partial charge in [0.2, 0.25) is 0 Å². The fourth-order valence-corrected chi connectivity index (χ4v) is 2.77. The average molecular weight is 302 g/mol. The van der Waals surface area contributed by atoms with E-state index in [1.807, 2.05) is 6.20 Å². The highest BCUT2D eigenvalue weighted by Gasteiger charge is 2.04. The van der Waals surface area contributed by atoms with Crippen molar-refractivity contribution in [2.75, 3.05) is 20.3 Å². The first-order chi connectivity index (χ1) is 10.2. The maximum atomic E-state index is 5.02. The van der Waals surface area contributed by atoms with Crippen LogP contribution >= 0.6 is 11.8 Å². The van der Waals surface area contributed by atoms with Gasteiger partial charge in [-0.15, -0.1) is 0 Å². The third-order valence-electron chi connectivity index (χ3n) is 3.13. The van der Waals surface area contributed by atoms with Gasteiger partial charge in [0.1, 0.15) is 5.03 Å². The molecule has 2 aromatic rings. The average Bonchev–Trinajstić information content (AvgIpc) is 2.48. The molecule has 1 aromatic carbocycles. The SMILES string of the molecule is COCCNCc1cnc(Sc2ccc(C)cc2)c(C)c1. The molecule has 1 heterocycles. The molecular formula is C17H22N2OS. The lowest BCUT2D eigenvalue weighted by Gasteiger charge is -2.08. The van der Waals surface area contributed by atoms with Crippen molar-refractivity contribution in [1.82, 2.24) is 10.3 Å². The summed E-state index contributed by atoms with van der Waals surface area (Å²) in [6.45, 7) is 6.63. The monoisotopic (exact) mass is 302 g/mol. The number of nitrogens with zero attached hydrogens (tertiary/aromatic N) is 1. The number of benzene rings is 1. The van der Waals surface area contributed by atoms with Crippen LogP contribution in [0, 0.1) is 13.8 Å². The largest absolute Gasteiger partial charge is 0.383 e. The molecule has 1 N–H and O–H groups in total. The van der Waals surface area contributed by atoms with E-state index in [4.69, 9.17) is 4.74 Å². The molecule has 112 valence electrons. The Morgan fingerprint density at radius 1 is 1.19 bits per heavy atom. The zero-order valence-electron chi connectivity index (χ0n) is 12.8. The van der Waals surface area contributed by atoms with Gasteiger partial charge >= 0.3 is 0 Å². The third-order valence-corrected chi connectivity index (χ3v) is 4.26.